The maximum Gasteiger partial charge on any atom is 0.113 e. The Labute approximate surface area is 115 Å². The van der Waals surface area contributed by atoms with Crippen LogP contribution in [0, 0.1) is 0 Å². The molecule has 2 aromatic rings. The van der Waals surface area contributed by atoms with Crippen LogP contribution in [0.2, 0.25) is 0 Å². The fraction of sp³-hybridized carbons (Fsp3) is 0.250. The topological polar surface area (TPSA) is 29.1 Å². The summed E-state index contributed by atoms with van der Waals surface area (Å²) < 4.78 is 12.6. The molecule has 0 amide bonds. The van der Waals surface area contributed by atoms with Gasteiger partial charge in [-0.25, -0.2) is 0 Å². The van der Waals surface area contributed by atoms with Crippen molar-refractivity contribution in [2.45, 2.75) is 6.54 Å². The van der Waals surface area contributed by atoms with E-state index in [4.69, 9.17) is 0 Å². The summed E-state index contributed by atoms with van der Waals surface area (Å²) in [5.74, 6) is 0. The van der Waals surface area contributed by atoms with E-state index < -0.39 is 7.14 Å². The lowest BCUT2D eigenvalue weighted by Gasteiger charge is -2.13. The Bertz CT molecular complexity index is 539. The molecule has 0 aliphatic heterocycles. The van der Waals surface area contributed by atoms with Gasteiger partial charge in [-0.2, -0.15) is 0 Å². The first-order chi connectivity index (χ1) is 9.18. The molecule has 0 saturated heterocycles. The Morgan fingerprint density at radius 1 is 0.947 bits per heavy atom. The smallest absolute Gasteiger partial charge is 0.113 e. The normalized spacial score (nSPS) is 13.9. The van der Waals surface area contributed by atoms with Crippen molar-refractivity contribution in [2.24, 2.45) is 0 Å². The van der Waals surface area contributed by atoms with Crippen LogP contribution >= 0.6 is 7.14 Å². The van der Waals surface area contributed by atoms with Gasteiger partial charge in [0.1, 0.15) is 7.14 Å². The zero-order chi connectivity index (χ0) is 13.6. The maximum atomic E-state index is 12.6. The second-order valence-corrected chi connectivity index (χ2v) is 7.99. The number of hydrogen-bond donors (Lipinski definition) is 1. The van der Waals surface area contributed by atoms with Crippen LogP contribution in [-0.2, 0) is 11.1 Å². The van der Waals surface area contributed by atoms with Crippen molar-refractivity contribution in [3.63, 3.8) is 0 Å². The van der Waals surface area contributed by atoms with Gasteiger partial charge in [-0.15, -0.1) is 0 Å². The third-order valence-electron chi connectivity index (χ3n) is 3.19. The van der Waals surface area contributed by atoms with E-state index in [-0.39, 0.29) is 0 Å². The fourth-order valence-corrected chi connectivity index (χ4v) is 3.64. The zero-order valence-electron chi connectivity index (χ0n) is 11.3. The molecule has 3 heteroatoms. The maximum absolute atomic E-state index is 12.6. The van der Waals surface area contributed by atoms with Crippen molar-refractivity contribution in [2.75, 3.05) is 19.4 Å². The van der Waals surface area contributed by atoms with Crippen molar-refractivity contribution >= 4 is 12.4 Å². The number of benzene rings is 2. The molecule has 0 heterocycles. The van der Waals surface area contributed by atoms with E-state index in [1.165, 1.54) is 5.56 Å². The van der Waals surface area contributed by atoms with Gasteiger partial charge < -0.3 is 9.88 Å². The van der Waals surface area contributed by atoms with Gasteiger partial charge >= 0.3 is 0 Å². The third-order valence-corrected chi connectivity index (χ3v) is 5.66. The van der Waals surface area contributed by atoms with Gasteiger partial charge in [0.15, 0.2) is 0 Å². The average molecular weight is 273 g/mol. The quantitative estimate of drug-likeness (QED) is 0.647. The average Bonchev–Trinajstić information content (AvgIpc) is 2.46. The number of rotatable bonds is 6. The molecule has 0 spiro atoms. The molecule has 2 rings (SSSR count). The molecule has 0 aromatic heterocycles. The summed E-state index contributed by atoms with van der Waals surface area (Å²) in [6.45, 7) is 3.47. The van der Waals surface area contributed by atoms with Crippen LogP contribution in [0.15, 0.2) is 60.7 Å². The molecule has 1 unspecified atom stereocenters. The SMILES string of the molecule is CP(=O)(CCNCc1ccccc1)c1ccccc1. The minimum absolute atomic E-state index is 0.698. The summed E-state index contributed by atoms with van der Waals surface area (Å²) in [6, 6.07) is 20.0. The van der Waals surface area contributed by atoms with Gasteiger partial charge in [-0.3, -0.25) is 0 Å². The first-order valence-corrected chi connectivity index (χ1v) is 8.89. The van der Waals surface area contributed by atoms with Crippen LogP contribution in [0.25, 0.3) is 0 Å². The fourth-order valence-electron chi connectivity index (χ4n) is 1.99. The Hall–Kier alpha value is -1.37. The third kappa shape index (κ3) is 4.34. The van der Waals surface area contributed by atoms with Crippen molar-refractivity contribution in [3.8, 4) is 0 Å². The zero-order valence-corrected chi connectivity index (χ0v) is 12.1. The molecular formula is C16H20NOP. The first-order valence-electron chi connectivity index (χ1n) is 6.55. The Kier molecular flexibility index (Phi) is 4.95. The van der Waals surface area contributed by atoms with Crippen LogP contribution in [0.1, 0.15) is 5.56 Å². The Morgan fingerprint density at radius 3 is 2.16 bits per heavy atom. The molecule has 0 aliphatic carbocycles. The van der Waals surface area contributed by atoms with Crippen LogP contribution in [0.3, 0.4) is 0 Å². The number of nitrogens with one attached hydrogen (secondary N) is 1. The molecule has 19 heavy (non-hydrogen) atoms. The highest BCUT2D eigenvalue weighted by atomic mass is 31.2. The summed E-state index contributed by atoms with van der Waals surface area (Å²) in [5, 5.41) is 4.32. The predicted octanol–water partition coefficient (Wildman–Crippen LogP) is 3.09. The van der Waals surface area contributed by atoms with E-state index in [0.29, 0.717) is 6.16 Å². The van der Waals surface area contributed by atoms with Crippen LogP contribution < -0.4 is 10.6 Å². The van der Waals surface area contributed by atoms with Gasteiger partial charge in [0, 0.05) is 24.6 Å². The largest absolute Gasteiger partial charge is 0.319 e. The van der Waals surface area contributed by atoms with Crippen molar-refractivity contribution in [3.05, 3.63) is 66.2 Å². The van der Waals surface area contributed by atoms with E-state index in [2.05, 4.69) is 17.4 Å². The standard InChI is InChI=1S/C16H20NOP/c1-19(18,16-10-6-3-7-11-16)13-12-17-14-15-8-4-2-5-9-15/h2-11,17H,12-14H2,1H3. The minimum atomic E-state index is -2.23. The molecular weight excluding hydrogens is 253 g/mol. The Morgan fingerprint density at radius 2 is 1.53 bits per heavy atom. The summed E-state index contributed by atoms with van der Waals surface area (Å²) >= 11 is 0. The van der Waals surface area contributed by atoms with Crippen molar-refractivity contribution < 1.29 is 4.57 Å². The van der Waals surface area contributed by atoms with Gasteiger partial charge in [0.2, 0.25) is 0 Å². The number of hydrogen-bond acceptors (Lipinski definition) is 2. The van der Waals surface area contributed by atoms with Crippen LogP contribution in [-0.4, -0.2) is 19.4 Å². The van der Waals surface area contributed by atoms with E-state index in [1.807, 2.05) is 55.2 Å². The highest BCUT2D eigenvalue weighted by molar-refractivity contribution is 7.70. The molecule has 0 bridgehead atoms. The van der Waals surface area contributed by atoms with Crippen LogP contribution in [0.4, 0.5) is 0 Å². The second-order valence-electron chi connectivity index (χ2n) is 4.82. The molecule has 0 saturated carbocycles. The summed E-state index contributed by atoms with van der Waals surface area (Å²) in [6.07, 6.45) is 0.698. The summed E-state index contributed by atoms with van der Waals surface area (Å²) in [5.41, 5.74) is 1.26. The van der Waals surface area contributed by atoms with Crippen molar-refractivity contribution in [1.82, 2.24) is 5.32 Å². The highest BCUT2D eigenvalue weighted by Gasteiger charge is 2.16. The lowest BCUT2D eigenvalue weighted by atomic mass is 10.2. The molecule has 0 aliphatic rings. The summed E-state index contributed by atoms with van der Waals surface area (Å²) in [7, 11) is -2.23. The lowest BCUT2D eigenvalue weighted by Crippen LogP contribution is -2.20. The second kappa shape index (κ2) is 6.70. The van der Waals surface area contributed by atoms with E-state index in [1.54, 1.807) is 0 Å². The van der Waals surface area contributed by atoms with Crippen molar-refractivity contribution in [1.29, 1.82) is 0 Å². The van der Waals surface area contributed by atoms with Gasteiger partial charge in [-0.05, 0) is 12.2 Å². The summed E-state index contributed by atoms with van der Waals surface area (Å²) in [4.78, 5) is 0. The highest BCUT2D eigenvalue weighted by Crippen LogP contribution is 2.38. The van der Waals surface area contributed by atoms with E-state index >= 15 is 0 Å². The molecule has 0 radical (unpaired) electrons. The minimum Gasteiger partial charge on any atom is -0.319 e. The van der Waals surface area contributed by atoms with E-state index in [9.17, 15) is 4.57 Å². The molecule has 2 nitrogen and oxygen atoms in total. The molecule has 0 fully saturated rings. The van der Waals surface area contributed by atoms with Gasteiger partial charge in [-0.1, -0.05) is 60.7 Å². The lowest BCUT2D eigenvalue weighted by molar-refractivity contribution is 0.581. The predicted molar refractivity (Wildman–Crippen MR) is 82.6 cm³/mol. The molecule has 1 atom stereocenters. The molecule has 1 N–H and O–H groups in total. The van der Waals surface area contributed by atoms with Gasteiger partial charge in [0.05, 0.1) is 0 Å². The molecule has 100 valence electrons. The van der Waals surface area contributed by atoms with Gasteiger partial charge in [0.25, 0.3) is 0 Å². The Balaban J connectivity index is 1.81. The van der Waals surface area contributed by atoms with Crippen LogP contribution in [0.5, 0.6) is 0 Å². The van der Waals surface area contributed by atoms with E-state index in [0.717, 1.165) is 18.4 Å². The molecule has 2 aromatic carbocycles. The first kappa shape index (κ1) is 14.0. The monoisotopic (exact) mass is 273 g/mol.